The van der Waals surface area contributed by atoms with Crippen LogP contribution in [-0.2, 0) is 11.2 Å². The summed E-state index contributed by atoms with van der Waals surface area (Å²) in [4.78, 5) is 12.8. The molecule has 1 N–H and O–H groups in total. The monoisotopic (exact) mass is 294 g/mol. The zero-order chi connectivity index (χ0) is 14.5. The maximum Gasteiger partial charge on any atom is 0.245 e. The number of thiophene rings is 1. The number of rotatable bonds is 4. The Morgan fingerprint density at radius 3 is 2.81 bits per heavy atom. The highest BCUT2D eigenvalue weighted by Gasteiger charge is 2.02. The third-order valence-electron chi connectivity index (χ3n) is 3.13. The van der Waals surface area contributed by atoms with Crippen LogP contribution < -0.4 is 5.43 Å². The van der Waals surface area contributed by atoms with E-state index < -0.39 is 0 Å². The minimum atomic E-state index is -0.103. The first-order valence-corrected chi connectivity index (χ1v) is 7.53. The lowest BCUT2D eigenvalue weighted by Gasteiger charge is -2.01. The van der Waals surface area contributed by atoms with Crippen molar-refractivity contribution in [3.8, 4) is 0 Å². The van der Waals surface area contributed by atoms with Gasteiger partial charge in [0.1, 0.15) is 0 Å². The van der Waals surface area contributed by atoms with Gasteiger partial charge in [0.25, 0.3) is 0 Å². The van der Waals surface area contributed by atoms with E-state index in [1.54, 1.807) is 17.6 Å². The standard InChI is InChI=1S/C17H14N2OS/c20-17(11-15-8-4-10-21-15)19-18-12-14-7-3-6-13-5-1-2-9-16(13)14/h1-10,12H,11H2,(H,19,20)/b18-12+. The van der Waals surface area contributed by atoms with Gasteiger partial charge in [0.2, 0.25) is 5.91 Å². The molecule has 0 atom stereocenters. The van der Waals surface area contributed by atoms with Gasteiger partial charge in [-0.25, -0.2) is 5.43 Å². The number of hydrazone groups is 1. The van der Waals surface area contributed by atoms with Gasteiger partial charge in [-0.3, -0.25) is 4.79 Å². The summed E-state index contributed by atoms with van der Waals surface area (Å²) in [5, 5.41) is 8.29. The Kier molecular flexibility index (Phi) is 4.07. The molecule has 0 aliphatic heterocycles. The maximum absolute atomic E-state index is 11.7. The molecule has 0 fully saturated rings. The van der Waals surface area contributed by atoms with Gasteiger partial charge >= 0.3 is 0 Å². The van der Waals surface area contributed by atoms with E-state index in [-0.39, 0.29) is 5.91 Å². The number of nitrogens with zero attached hydrogens (tertiary/aromatic N) is 1. The minimum absolute atomic E-state index is 0.103. The summed E-state index contributed by atoms with van der Waals surface area (Å²) in [6.45, 7) is 0. The molecule has 3 aromatic rings. The predicted molar refractivity (Wildman–Crippen MR) is 87.7 cm³/mol. The van der Waals surface area contributed by atoms with E-state index in [0.717, 1.165) is 21.2 Å². The first kappa shape index (κ1) is 13.5. The van der Waals surface area contributed by atoms with Crippen LogP contribution in [0.15, 0.2) is 65.1 Å². The van der Waals surface area contributed by atoms with E-state index in [2.05, 4.69) is 22.7 Å². The van der Waals surface area contributed by atoms with Gasteiger partial charge in [0.05, 0.1) is 12.6 Å². The second-order valence-electron chi connectivity index (χ2n) is 4.62. The number of benzene rings is 2. The van der Waals surface area contributed by atoms with Crippen LogP contribution in [0.5, 0.6) is 0 Å². The van der Waals surface area contributed by atoms with E-state index in [0.29, 0.717) is 6.42 Å². The number of carbonyl (C=O) groups is 1. The van der Waals surface area contributed by atoms with E-state index in [1.165, 1.54) is 0 Å². The van der Waals surface area contributed by atoms with Crippen LogP contribution in [-0.4, -0.2) is 12.1 Å². The molecule has 1 heterocycles. The van der Waals surface area contributed by atoms with Crippen molar-refractivity contribution in [3.63, 3.8) is 0 Å². The van der Waals surface area contributed by atoms with Crippen molar-refractivity contribution in [2.75, 3.05) is 0 Å². The molecule has 0 aliphatic rings. The summed E-state index contributed by atoms with van der Waals surface area (Å²) < 4.78 is 0. The molecular weight excluding hydrogens is 280 g/mol. The average molecular weight is 294 g/mol. The lowest BCUT2D eigenvalue weighted by Crippen LogP contribution is -2.19. The Bertz CT molecular complexity index is 773. The smallest absolute Gasteiger partial charge is 0.245 e. The highest BCUT2D eigenvalue weighted by Crippen LogP contribution is 2.16. The highest BCUT2D eigenvalue weighted by atomic mass is 32.1. The Morgan fingerprint density at radius 2 is 1.95 bits per heavy atom. The van der Waals surface area contributed by atoms with Gasteiger partial charge in [0.15, 0.2) is 0 Å². The molecule has 0 bridgehead atoms. The van der Waals surface area contributed by atoms with Crippen molar-refractivity contribution in [1.29, 1.82) is 0 Å². The first-order chi connectivity index (χ1) is 10.3. The third kappa shape index (κ3) is 3.35. The van der Waals surface area contributed by atoms with Crippen LogP contribution in [0.1, 0.15) is 10.4 Å². The molecule has 0 saturated carbocycles. The van der Waals surface area contributed by atoms with E-state index in [4.69, 9.17) is 0 Å². The van der Waals surface area contributed by atoms with Gasteiger partial charge in [-0.2, -0.15) is 5.10 Å². The fourth-order valence-corrected chi connectivity index (χ4v) is 2.85. The van der Waals surface area contributed by atoms with E-state index in [1.807, 2.05) is 47.8 Å². The van der Waals surface area contributed by atoms with Crippen LogP contribution in [0.4, 0.5) is 0 Å². The van der Waals surface area contributed by atoms with Crippen molar-refractivity contribution in [2.24, 2.45) is 5.10 Å². The second-order valence-corrected chi connectivity index (χ2v) is 5.65. The van der Waals surface area contributed by atoms with Crippen molar-refractivity contribution >= 4 is 34.2 Å². The average Bonchev–Trinajstić information content (AvgIpc) is 3.00. The number of nitrogens with one attached hydrogen (secondary N) is 1. The Balaban J connectivity index is 1.69. The van der Waals surface area contributed by atoms with Crippen LogP contribution in [0.25, 0.3) is 10.8 Å². The molecule has 3 nitrogen and oxygen atoms in total. The molecule has 21 heavy (non-hydrogen) atoms. The summed E-state index contributed by atoms with van der Waals surface area (Å²) in [7, 11) is 0. The topological polar surface area (TPSA) is 41.5 Å². The first-order valence-electron chi connectivity index (χ1n) is 6.65. The quantitative estimate of drug-likeness (QED) is 0.580. The molecule has 2 aromatic carbocycles. The molecule has 1 amide bonds. The number of carbonyl (C=O) groups excluding carboxylic acids is 1. The summed E-state index contributed by atoms with van der Waals surface area (Å²) in [5.74, 6) is -0.103. The zero-order valence-electron chi connectivity index (χ0n) is 11.3. The molecule has 0 unspecified atom stereocenters. The van der Waals surface area contributed by atoms with Gasteiger partial charge in [-0.1, -0.05) is 48.5 Å². The SMILES string of the molecule is O=C(Cc1cccs1)N/N=C/c1cccc2ccccc12. The number of hydrogen-bond acceptors (Lipinski definition) is 3. The fourth-order valence-electron chi connectivity index (χ4n) is 2.15. The van der Waals surface area contributed by atoms with E-state index in [9.17, 15) is 4.79 Å². The second kappa shape index (κ2) is 6.33. The summed E-state index contributed by atoms with van der Waals surface area (Å²) >= 11 is 1.57. The lowest BCUT2D eigenvalue weighted by atomic mass is 10.1. The highest BCUT2D eigenvalue weighted by molar-refractivity contribution is 7.10. The van der Waals surface area contributed by atoms with Crippen LogP contribution in [0.3, 0.4) is 0 Å². The van der Waals surface area contributed by atoms with Crippen molar-refractivity contribution in [2.45, 2.75) is 6.42 Å². The Morgan fingerprint density at radius 1 is 1.10 bits per heavy atom. The lowest BCUT2D eigenvalue weighted by molar-refractivity contribution is -0.120. The summed E-state index contributed by atoms with van der Waals surface area (Å²) in [5.41, 5.74) is 3.56. The summed E-state index contributed by atoms with van der Waals surface area (Å²) in [6.07, 6.45) is 2.05. The zero-order valence-corrected chi connectivity index (χ0v) is 12.1. The number of hydrogen-bond donors (Lipinski definition) is 1. The molecule has 0 spiro atoms. The molecule has 104 valence electrons. The van der Waals surface area contributed by atoms with Gasteiger partial charge in [-0.05, 0) is 22.2 Å². The van der Waals surface area contributed by atoms with Crippen molar-refractivity contribution in [3.05, 3.63) is 70.4 Å². The Hall–Kier alpha value is -2.46. The molecule has 0 radical (unpaired) electrons. The molecule has 3 rings (SSSR count). The molecule has 0 aliphatic carbocycles. The third-order valence-corrected chi connectivity index (χ3v) is 4.01. The molecule has 4 heteroatoms. The normalized spacial score (nSPS) is 11.0. The Labute approximate surface area is 126 Å². The van der Waals surface area contributed by atoms with Crippen molar-refractivity contribution in [1.82, 2.24) is 5.43 Å². The maximum atomic E-state index is 11.7. The predicted octanol–water partition coefficient (Wildman–Crippen LogP) is 3.59. The van der Waals surface area contributed by atoms with Gasteiger partial charge < -0.3 is 0 Å². The van der Waals surface area contributed by atoms with Gasteiger partial charge in [-0.15, -0.1) is 11.3 Å². The molecular formula is C17H14N2OS. The summed E-state index contributed by atoms with van der Waals surface area (Å²) in [6, 6.07) is 18.0. The van der Waals surface area contributed by atoms with Crippen LogP contribution >= 0.6 is 11.3 Å². The van der Waals surface area contributed by atoms with Crippen molar-refractivity contribution < 1.29 is 4.79 Å². The number of amides is 1. The van der Waals surface area contributed by atoms with Gasteiger partial charge in [0, 0.05) is 10.4 Å². The van der Waals surface area contributed by atoms with Crippen LogP contribution in [0.2, 0.25) is 0 Å². The molecule has 0 saturated heterocycles. The van der Waals surface area contributed by atoms with E-state index >= 15 is 0 Å². The largest absolute Gasteiger partial charge is 0.273 e. The number of fused-ring (bicyclic) bond motifs is 1. The minimum Gasteiger partial charge on any atom is -0.273 e. The molecule has 1 aromatic heterocycles. The van der Waals surface area contributed by atoms with Crippen LogP contribution in [0, 0.1) is 0 Å². The fraction of sp³-hybridized carbons (Fsp3) is 0.0588.